The molecular formula is C17H30O. The van der Waals surface area contributed by atoms with Crippen molar-refractivity contribution in [2.45, 2.75) is 84.0 Å². The average Bonchev–Trinajstić information content (AvgIpc) is 2.57. The van der Waals surface area contributed by atoms with Gasteiger partial charge in [0.1, 0.15) is 0 Å². The largest absolute Gasteiger partial charge is 0.295 e. The molecule has 0 spiro atoms. The topological polar surface area (TPSA) is 17.1 Å². The van der Waals surface area contributed by atoms with Crippen LogP contribution in [0.1, 0.15) is 84.0 Å². The molecule has 1 rings (SSSR count). The van der Waals surface area contributed by atoms with Crippen LogP contribution in [-0.2, 0) is 4.79 Å². The molecule has 1 aliphatic carbocycles. The van der Waals surface area contributed by atoms with Crippen LogP contribution in [0.3, 0.4) is 0 Å². The van der Waals surface area contributed by atoms with Crippen molar-refractivity contribution < 1.29 is 4.79 Å². The lowest BCUT2D eigenvalue weighted by atomic mass is 9.93. The van der Waals surface area contributed by atoms with Gasteiger partial charge in [-0.2, -0.15) is 0 Å². The standard InChI is InChI=1S/C17H30O/c1-2-3-4-5-6-7-8-9-12-16-13-10-11-14-17(18)15-16/h11,14,16H,2-10,12-13,15H2,1H3. The Bertz CT molecular complexity index is 242. The number of allylic oxidation sites excluding steroid dienone is 2. The minimum Gasteiger partial charge on any atom is -0.295 e. The van der Waals surface area contributed by atoms with E-state index in [0.29, 0.717) is 11.7 Å². The predicted octanol–water partition coefficient (Wildman–Crippen LogP) is 5.44. The molecule has 1 heteroatoms. The molecule has 0 bridgehead atoms. The minimum atomic E-state index is 0.345. The lowest BCUT2D eigenvalue weighted by molar-refractivity contribution is -0.115. The Morgan fingerprint density at radius 2 is 1.72 bits per heavy atom. The van der Waals surface area contributed by atoms with E-state index >= 15 is 0 Å². The molecular weight excluding hydrogens is 220 g/mol. The lowest BCUT2D eigenvalue weighted by Gasteiger charge is -2.12. The second kappa shape index (κ2) is 10.3. The van der Waals surface area contributed by atoms with E-state index in [9.17, 15) is 4.79 Å². The summed E-state index contributed by atoms with van der Waals surface area (Å²) in [6.45, 7) is 2.27. The summed E-state index contributed by atoms with van der Waals surface area (Å²) in [5.74, 6) is 1.00. The molecule has 0 heterocycles. The van der Waals surface area contributed by atoms with E-state index in [1.165, 1.54) is 64.2 Å². The van der Waals surface area contributed by atoms with E-state index in [2.05, 4.69) is 13.0 Å². The van der Waals surface area contributed by atoms with Gasteiger partial charge in [-0.3, -0.25) is 4.79 Å². The van der Waals surface area contributed by atoms with Gasteiger partial charge in [-0.25, -0.2) is 0 Å². The maximum atomic E-state index is 11.4. The number of ketones is 1. The van der Waals surface area contributed by atoms with Crippen LogP contribution in [0.15, 0.2) is 12.2 Å². The molecule has 0 amide bonds. The van der Waals surface area contributed by atoms with Gasteiger partial charge < -0.3 is 0 Å². The molecule has 1 nitrogen and oxygen atoms in total. The van der Waals surface area contributed by atoms with Gasteiger partial charge in [-0.1, -0.05) is 70.8 Å². The zero-order valence-corrected chi connectivity index (χ0v) is 12.1. The van der Waals surface area contributed by atoms with E-state index < -0.39 is 0 Å². The normalized spacial score (nSPS) is 20.1. The summed E-state index contributed by atoms with van der Waals surface area (Å²) in [6, 6.07) is 0. The van der Waals surface area contributed by atoms with Crippen LogP contribution >= 0.6 is 0 Å². The summed E-state index contributed by atoms with van der Waals surface area (Å²) in [5, 5.41) is 0. The highest BCUT2D eigenvalue weighted by molar-refractivity contribution is 5.89. The summed E-state index contributed by atoms with van der Waals surface area (Å²) in [6.07, 6.45) is 19.3. The fraction of sp³-hybridized carbons (Fsp3) is 0.824. The fourth-order valence-electron chi connectivity index (χ4n) is 2.81. The SMILES string of the molecule is CCCCCCCCCCC1CCC=CC(=O)C1. The Morgan fingerprint density at radius 3 is 2.44 bits per heavy atom. The molecule has 0 aromatic carbocycles. The zero-order valence-electron chi connectivity index (χ0n) is 12.1. The summed E-state index contributed by atoms with van der Waals surface area (Å²) in [7, 11) is 0. The zero-order chi connectivity index (χ0) is 13.1. The van der Waals surface area contributed by atoms with Crippen molar-refractivity contribution >= 4 is 5.78 Å². The van der Waals surface area contributed by atoms with Crippen LogP contribution in [0, 0.1) is 5.92 Å². The Balaban J connectivity index is 1.92. The molecule has 18 heavy (non-hydrogen) atoms. The van der Waals surface area contributed by atoms with Crippen molar-refractivity contribution in [2.75, 3.05) is 0 Å². The minimum absolute atomic E-state index is 0.345. The van der Waals surface area contributed by atoms with Crippen molar-refractivity contribution in [1.82, 2.24) is 0 Å². The molecule has 0 aromatic rings. The third-order valence-electron chi connectivity index (χ3n) is 4.00. The van der Waals surface area contributed by atoms with Gasteiger partial charge in [0.2, 0.25) is 0 Å². The first-order valence-corrected chi connectivity index (χ1v) is 8.02. The highest BCUT2D eigenvalue weighted by Gasteiger charge is 2.13. The molecule has 0 aliphatic heterocycles. The number of carbonyl (C=O) groups is 1. The number of hydrogen-bond donors (Lipinski definition) is 0. The van der Waals surface area contributed by atoms with Gasteiger partial charge in [0.05, 0.1) is 0 Å². The van der Waals surface area contributed by atoms with Gasteiger partial charge in [0.25, 0.3) is 0 Å². The second-order valence-corrected chi connectivity index (χ2v) is 5.78. The summed E-state index contributed by atoms with van der Waals surface area (Å²) < 4.78 is 0. The van der Waals surface area contributed by atoms with Crippen LogP contribution in [-0.4, -0.2) is 5.78 Å². The first kappa shape index (κ1) is 15.5. The molecule has 1 atom stereocenters. The second-order valence-electron chi connectivity index (χ2n) is 5.78. The Morgan fingerprint density at radius 1 is 1.06 bits per heavy atom. The lowest BCUT2D eigenvalue weighted by Crippen LogP contribution is -2.04. The van der Waals surface area contributed by atoms with Gasteiger partial charge >= 0.3 is 0 Å². The quantitative estimate of drug-likeness (QED) is 0.498. The van der Waals surface area contributed by atoms with Crippen LogP contribution in [0.4, 0.5) is 0 Å². The number of carbonyl (C=O) groups excluding carboxylic acids is 1. The van der Waals surface area contributed by atoms with Gasteiger partial charge in [-0.05, 0) is 24.8 Å². The van der Waals surface area contributed by atoms with Crippen LogP contribution in [0.5, 0.6) is 0 Å². The van der Waals surface area contributed by atoms with Gasteiger partial charge in [0, 0.05) is 6.42 Å². The molecule has 0 radical (unpaired) electrons. The fourth-order valence-corrected chi connectivity index (χ4v) is 2.81. The van der Waals surface area contributed by atoms with E-state index in [-0.39, 0.29) is 0 Å². The molecule has 0 saturated carbocycles. The van der Waals surface area contributed by atoms with Crippen molar-refractivity contribution in [2.24, 2.45) is 5.92 Å². The predicted molar refractivity (Wildman–Crippen MR) is 78.7 cm³/mol. The van der Waals surface area contributed by atoms with Crippen molar-refractivity contribution in [3.63, 3.8) is 0 Å². The summed E-state index contributed by atoms with van der Waals surface area (Å²) >= 11 is 0. The monoisotopic (exact) mass is 250 g/mol. The van der Waals surface area contributed by atoms with Crippen LogP contribution < -0.4 is 0 Å². The third kappa shape index (κ3) is 7.68. The molecule has 1 unspecified atom stereocenters. The van der Waals surface area contributed by atoms with E-state index in [1.54, 1.807) is 6.08 Å². The van der Waals surface area contributed by atoms with Crippen LogP contribution in [0.25, 0.3) is 0 Å². The highest BCUT2D eigenvalue weighted by Crippen LogP contribution is 2.23. The van der Waals surface area contributed by atoms with E-state index in [1.807, 2.05) is 0 Å². The Kier molecular flexibility index (Phi) is 8.89. The van der Waals surface area contributed by atoms with Gasteiger partial charge in [0.15, 0.2) is 5.78 Å². The Hall–Kier alpha value is -0.590. The van der Waals surface area contributed by atoms with Crippen molar-refractivity contribution in [1.29, 1.82) is 0 Å². The summed E-state index contributed by atoms with van der Waals surface area (Å²) in [4.78, 5) is 11.4. The number of hydrogen-bond acceptors (Lipinski definition) is 1. The molecule has 0 aromatic heterocycles. The maximum absolute atomic E-state index is 11.4. The number of unbranched alkanes of at least 4 members (excludes halogenated alkanes) is 7. The van der Waals surface area contributed by atoms with Crippen molar-refractivity contribution in [3.8, 4) is 0 Å². The molecule has 0 fully saturated rings. The molecule has 104 valence electrons. The Labute approximate surface area is 113 Å². The maximum Gasteiger partial charge on any atom is 0.155 e. The first-order chi connectivity index (χ1) is 8.83. The first-order valence-electron chi connectivity index (χ1n) is 8.02. The summed E-state index contributed by atoms with van der Waals surface area (Å²) in [5.41, 5.74) is 0. The highest BCUT2D eigenvalue weighted by atomic mass is 16.1. The molecule has 0 N–H and O–H groups in total. The van der Waals surface area contributed by atoms with Crippen LogP contribution in [0.2, 0.25) is 0 Å². The molecule has 0 saturated heterocycles. The third-order valence-corrected chi connectivity index (χ3v) is 4.00. The number of rotatable bonds is 9. The van der Waals surface area contributed by atoms with E-state index in [4.69, 9.17) is 0 Å². The smallest absolute Gasteiger partial charge is 0.155 e. The van der Waals surface area contributed by atoms with E-state index in [0.717, 1.165) is 12.8 Å². The molecule has 1 aliphatic rings. The van der Waals surface area contributed by atoms with Gasteiger partial charge in [-0.15, -0.1) is 0 Å². The average molecular weight is 250 g/mol. The van der Waals surface area contributed by atoms with Crippen molar-refractivity contribution in [3.05, 3.63) is 12.2 Å².